The predicted molar refractivity (Wildman–Crippen MR) is 32.7 cm³/mol. The zero-order valence-corrected chi connectivity index (χ0v) is 7.25. The molecular formula is C6H5F9O. The monoisotopic (exact) mass is 264 g/mol. The molecule has 0 aromatic carbocycles. The van der Waals surface area contributed by atoms with Crippen molar-refractivity contribution in [3.8, 4) is 0 Å². The van der Waals surface area contributed by atoms with E-state index < -0.39 is 37.7 Å². The van der Waals surface area contributed by atoms with Crippen LogP contribution in [0.25, 0.3) is 0 Å². The summed E-state index contributed by atoms with van der Waals surface area (Å²) in [6.45, 7) is -2.34. The van der Waals surface area contributed by atoms with Crippen molar-refractivity contribution in [2.45, 2.75) is 31.1 Å². The van der Waals surface area contributed by atoms with Gasteiger partial charge in [0, 0.05) is 0 Å². The average Bonchev–Trinajstić information content (AvgIpc) is 2.11. The van der Waals surface area contributed by atoms with Crippen LogP contribution in [0, 0.1) is 0 Å². The van der Waals surface area contributed by atoms with Crippen LogP contribution in [-0.4, -0.2) is 37.7 Å². The second-order valence-electron chi connectivity index (χ2n) is 2.67. The molecule has 0 saturated heterocycles. The van der Waals surface area contributed by atoms with Crippen molar-refractivity contribution in [2.75, 3.05) is 6.61 Å². The molecule has 0 bridgehead atoms. The van der Waals surface area contributed by atoms with E-state index in [0.717, 1.165) is 0 Å². The molecule has 0 saturated carbocycles. The van der Waals surface area contributed by atoms with Crippen LogP contribution < -0.4 is 0 Å². The third-order valence-electron chi connectivity index (χ3n) is 1.30. The average molecular weight is 264 g/mol. The molecule has 0 aromatic heterocycles. The third kappa shape index (κ3) is 4.45. The van der Waals surface area contributed by atoms with Crippen molar-refractivity contribution < 1.29 is 44.3 Å². The van der Waals surface area contributed by atoms with Crippen LogP contribution in [0.2, 0.25) is 0 Å². The normalized spacial score (nSPS) is 17.6. The van der Waals surface area contributed by atoms with Gasteiger partial charge in [0.05, 0.1) is 0 Å². The van der Waals surface area contributed by atoms with Gasteiger partial charge in [0.25, 0.3) is 6.17 Å². The van der Waals surface area contributed by atoms with Crippen molar-refractivity contribution in [3.05, 3.63) is 0 Å². The number of ether oxygens (including phenoxy) is 1. The summed E-state index contributed by atoms with van der Waals surface area (Å²) in [7, 11) is 0. The molecule has 0 N–H and O–H groups in total. The maximum absolute atomic E-state index is 12.2. The quantitative estimate of drug-likeness (QED) is 0.693. The smallest absolute Gasteiger partial charge is 0.339 e. The molecule has 0 heterocycles. The number of hydrogen-bond donors (Lipinski definition) is 0. The lowest BCUT2D eigenvalue weighted by molar-refractivity contribution is -0.256. The highest BCUT2D eigenvalue weighted by Crippen LogP contribution is 2.29. The van der Waals surface area contributed by atoms with Gasteiger partial charge in [-0.05, 0) is 0 Å². The van der Waals surface area contributed by atoms with Crippen LogP contribution >= 0.6 is 0 Å². The van der Waals surface area contributed by atoms with E-state index in [1.807, 2.05) is 0 Å². The molecule has 0 radical (unpaired) electrons. The molecule has 0 fully saturated rings. The molecule has 16 heavy (non-hydrogen) atoms. The topological polar surface area (TPSA) is 9.23 Å². The van der Waals surface area contributed by atoms with E-state index in [4.69, 9.17) is 0 Å². The summed E-state index contributed by atoms with van der Waals surface area (Å²) >= 11 is 0. The minimum absolute atomic E-state index is 2.34. The second-order valence-corrected chi connectivity index (χ2v) is 2.67. The lowest BCUT2D eigenvalue weighted by atomic mass is 10.3. The molecule has 1 nitrogen and oxygen atoms in total. The van der Waals surface area contributed by atoms with Gasteiger partial charge >= 0.3 is 18.5 Å². The van der Waals surface area contributed by atoms with Gasteiger partial charge in [0.1, 0.15) is 6.61 Å². The zero-order chi connectivity index (χ0) is 13.1. The lowest BCUT2D eigenvalue weighted by Crippen LogP contribution is -2.40. The fraction of sp³-hybridized carbons (Fsp3) is 1.00. The highest BCUT2D eigenvalue weighted by molar-refractivity contribution is 4.72. The summed E-state index contributed by atoms with van der Waals surface area (Å²) in [5.41, 5.74) is 0. The molecule has 0 aliphatic carbocycles. The number of hydrogen-bond acceptors (Lipinski definition) is 1. The van der Waals surface area contributed by atoms with E-state index in [9.17, 15) is 39.5 Å². The minimum atomic E-state index is -5.65. The Bertz CT molecular complexity index is 213. The SMILES string of the molecule is FC(OCC(F)(F)C(F)F)C(F)C(F)(F)F. The van der Waals surface area contributed by atoms with Gasteiger partial charge in [0.2, 0.25) is 6.36 Å². The van der Waals surface area contributed by atoms with Crippen LogP contribution in [0.5, 0.6) is 0 Å². The van der Waals surface area contributed by atoms with Crippen molar-refractivity contribution in [3.63, 3.8) is 0 Å². The summed E-state index contributed by atoms with van der Waals surface area (Å²) in [6.07, 6.45) is -17.8. The molecular weight excluding hydrogens is 259 g/mol. The van der Waals surface area contributed by atoms with Crippen molar-refractivity contribution >= 4 is 0 Å². The third-order valence-corrected chi connectivity index (χ3v) is 1.30. The van der Waals surface area contributed by atoms with Crippen LogP contribution in [0.1, 0.15) is 0 Å². The van der Waals surface area contributed by atoms with Gasteiger partial charge in [0.15, 0.2) is 0 Å². The molecule has 2 atom stereocenters. The van der Waals surface area contributed by atoms with Gasteiger partial charge in [-0.25, -0.2) is 17.6 Å². The molecule has 0 aliphatic heterocycles. The van der Waals surface area contributed by atoms with E-state index in [-0.39, 0.29) is 0 Å². The van der Waals surface area contributed by atoms with E-state index in [0.29, 0.717) is 0 Å². The maximum Gasteiger partial charge on any atom is 0.425 e. The van der Waals surface area contributed by atoms with E-state index in [2.05, 4.69) is 4.74 Å². The molecule has 0 aliphatic rings. The Labute approximate surface area is 83.2 Å². The van der Waals surface area contributed by atoms with Crippen molar-refractivity contribution in [1.29, 1.82) is 0 Å². The van der Waals surface area contributed by atoms with Gasteiger partial charge in [-0.3, -0.25) is 0 Å². The Morgan fingerprint density at radius 3 is 1.62 bits per heavy atom. The fourth-order valence-electron chi connectivity index (χ4n) is 0.487. The summed E-state index contributed by atoms with van der Waals surface area (Å²) < 4.78 is 109. The minimum Gasteiger partial charge on any atom is -0.339 e. The molecule has 0 aromatic rings. The van der Waals surface area contributed by atoms with Gasteiger partial charge in [-0.1, -0.05) is 0 Å². The standard InChI is InChI=1S/C6H5F9O/c7-2(6(13,14)15)3(8)16-1-5(11,12)4(9)10/h2-4H,1H2. The van der Waals surface area contributed by atoms with Gasteiger partial charge in [-0.15, -0.1) is 0 Å². The number of rotatable bonds is 5. The highest BCUT2D eigenvalue weighted by Gasteiger charge is 2.49. The van der Waals surface area contributed by atoms with E-state index >= 15 is 0 Å². The molecule has 2 unspecified atom stereocenters. The first-order chi connectivity index (χ1) is 6.98. The zero-order valence-electron chi connectivity index (χ0n) is 7.25. The van der Waals surface area contributed by atoms with E-state index in [1.54, 1.807) is 0 Å². The largest absolute Gasteiger partial charge is 0.425 e. The molecule has 98 valence electrons. The van der Waals surface area contributed by atoms with Gasteiger partial charge < -0.3 is 4.74 Å². The van der Waals surface area contributed by atoms with Crippen molar-refractivity contribution in [2.24, 2.45) is 0 Å². The Balaban J connectivity index is 4.23. The summed E-state index contributed by atoms with van der Waals surface area (Å²) in [4.78, 5) is 0. The lowest BCUT2D eigenvalue weighted by Gasteiger charge is -2.20. The Hall–Kier alpha value is -0.670. The first-order valence-electron chi connectivity index (χ1n) is 3.61. The van der Waals surface area contributed by atoms with Gasteiger partial charge in [-0.2, -0.15) is 22.0 Å². The molecule has 0 rings (SSSR count). The summed E-state index contributed by atoms with van der Waals surface area (Å²) in [5.74, 6) is -4.84. The molecule has 0 amide bonds. The van der Waals surface area contributed by atoms with Crippen LogP contribution in [0.3, 0.4) is 0 Å². The molecule has 10 heteroatoms. The Kier molecular flexibility index (Phi) is 4.89. The van der Waals surface area contributed by atoms with E-state index in [1.165, 1.54) is 0 Å². The maximum atomic E-state index is 12.2. The summed E-state index contributed by atoms with van der Waals surface area (Å²) in [6, 6.07) is 0. The highest BCUT2D eigenvalue weighted by atomic mass is 19.4. The molecule has 0 spiro atoms. The first-order valence-corrected chi connectivity index (χ1v) is 3.61. The van der Waals surface area contributed by atoms with Crippen LogP contribution in [0.4, 0.5) is 39.5 Å². The fourth-order valence-corrected chi connectivity index (χ4v) is 0.487. The second kappa shape index (κ2) is 5.11. The van der Waals surface area contributed by atoms with Crippen LogP contribution in [-0.2, 0) is 4.74 Å². The summed E-state index contributed by atoms with van der Waals surface area (Å²) in [5, 5.41) is 0. The number of alkyl halides is 9. The Morgan fingerprint density at radius 1 is 0.875 bits per heavy atom. The first kappa shape index (κ1) is 15.3. The van der Waals surface area contributed by atoms with Crippen molar-refractivity contribution in [1.82, 2.24) is 0 Å². The van der Waals surface area contributed by atoms with Crippen LogP contribution in [0.15, 0.2) is 0 Å². The Morgan fingerprint density at radius 2 is 1.31 bits per heavy atom. The number of halogens is 9. The predicted octanol–water partition coefficient (Wildman–Crippen LogP) is 3.10.